The van der Waals surface area contributed by atoms with Gasteiger partial charge in [-0.3, -0.25) is 0 Å². The second-order valence-corrected chi connectivity index (χ2v) is 6.79. The van der Waals surface area contributed by atoms with E-state index < -0.39 is 15.8 Å². The molecule has 0 saturated carbocycles. The lowest BCUT2D eigenvalue weighted by atomic mass is 10.2. The van der Waals surface area contributed by atoms with Crippen molar-refractivity contribution >= 4 is 10.0 Å². The van der Waals surface area contributed by atoms with E-state index in [2.05, 4.69) is 5.32 Å². The minimum atomic E-state index is -3.73. The molecule has 0 bridgehead atoms. The van der Waals surface area contributed by atoms with Crippen LogP contribution in [-0.4, -0.2) is 37.9 Å². The predicted octanol–water partition coefficient (Wildman–Crippen LogP) is 1.07. The van der Waals surface area contributed by atoms with Gasteiger partial charge in [0, 0.05) is 25.2 Å². The van der Waals surface area contributed by atoms with Crippen LogP contribution in [0.2, 0.25) is 0 Å². The fourth-order valence-corrected chi connectivity index (χ4v) is 4.31. The van der Waals surface area contributed by atoms with Crippen molar-refractivity contribution in [3.05, 3.63) is 29.6 Å². The van der Waals surface area contributed by atoms with Gasteiger partial charge in [-0.2, -0.15) is 9.57 Å². The van der Waals surface area contributed by atoms with Crippen LogP contribution in [0.5, 0.6) is 0 Å². The number of nitriles is 1. The quantitative estimate of drug-likeness (QED) is 0.886. The average molecular weight is 297 g/mol. The summed E-state index contributed by atoms with van der Waals surface area (Å²) < 4.78 is 40.0. The number of benzene rings is 1. The molecule has 1 heterocycles. The van der Waals surface area contributed by atoms with Crippen LogP contribution in [0, 0.1) is 17.1 Å². The highest BCUT2D eigenvalue weighted by Crippen LogP contribution is 2.24. The van der Waals surface area contributed by atoms with E-state index in [0.29, 0.717) is 13.1 Å². The van der Waals surface area contributed by atoms with E-state index in [-0.39, 0.29) is 22.5 Å². The van der Waals surface area contributed by atoms with Crippen LogP contribution in [0.3, 0.4) is 0 Å². The van der Waals surface area contributed by atoms with Crippen LogP contribution < -0.4 is 5.32 Å². The topological polar surface area (TPSA) is 73.2 Å². The number of rotatable bonds is 2. The lowest BCUT2D eigenvalue weighted by Gasteiger charge is -2.38. The van der Waals surface area contributed by atoms with Gasteiger partial charge in [-0.05, 0) is 32.0 Å². The van der Waals surface area contributed by atoms with Crippen molar-refractivity contribution in [1.82, 2.24) is 9.62 Å². The van der Waals surface area contributed by atoms with Crippen molar-refractivity contribution in [3.8, 4) is 6.07 Å². The molecule has 1 aromatic carbocycles. The second kappa shape index (κ2) is 5.48. The maximum atomic E-state index is 13.3. The van der Waals surface area contributed by atoms with Crippen molar-refractivity contribution in [2.24, 2.45) is 0 Å². The van der Waals surface area contributed by atoms with Crippen molar-refractivity contribution in [2.45, 2.75) is 30.8 Å². The van der Waals surface area contributed by atoms with Crippen molar-refractivity contribution in [1.29, 1.82) is 5.26 Å². The smallest absolute Gasteiger partial charge is 0.243 e. The maximum absolute atomic E-state index is 13.3. The molecule has 1 N–H and O–H groups in total. The molecule has 0 radical (unpaired) electrons. The molecule has 108 valence electrons. The summed E-state index contributed by atoms with van der Waals surface area (Å²) in [5.41, 5.74) is -0.262. The van der Waals surface area contributed by atoms with Crippen LogP contribution in [0.15, 0.2) is 23.1 Å². The van der Waals surface area contributed by atoms with Gasteiger partial charge >= 0.3 is 0 Å². The van der Waals surface area contributed by atoms with E-state index >= 15 is 0 Å². The van der Waals surface area contributed by atoms with Gasteiger partial charge < -0.3 is 5.32 Å². The zero-order valence-corrected chi connectivity index (χ0v) is 12.1. The van der Waals surface area contributed by atoms with Gasteiger partial charge in [-0.15, -0.1) is 0 Å². The third-order valence-corrected chi connectivity index (χ3v) is 5.51. The second-order valence-electron chi connectivity index (χ2n) is 4.94. The Bertz CT molecular complexity index is 644. The fraction of sp³-hybridized carbons (Fsp3) is 0.462. The Hall–Kier alpha value is -1.49. The average Bonchev–Trinajstić information content (AvgIpc) is 2.38. The first-order valence-corrected chi connectivity index (χ1v) is 7.76. The monoisotopic (exact) mass is 297 g/mol. The Morgan fingerprint density at radius 3 is 2.50 bits per heavy atom. The summed E-state index contributed by atoms with van der Waals surface area (Å²) >= 11 is 0. The normalized spacial score (nSPS) is 24.3. The first-order valence-electron chi connectivity index (χ1n) is 6.32. The maximum Gasteiger partial charge on any atom is 0.243 e. The van der Waals surface area contributed by atoms with Crippen LogP contribution in [-0.2, 0) is 10.0 Å². The molecule has 1 aromatic rings. The molecule has 2 unspecified atom stereocenters. The molecule has 5 nitrogen and oxygen atoms in total. The molecule has 1 aliphatic rings. The van der Waals surface area contributed by atoms with E-state index in [0.717, 1.165) is 12.1 Å². The van der Waals surface area contributed by atoms with Gasteiger partial charge in [0.2, 0.25) is 10.0 Å². The van der Waals surface area contributed by atoms with Crippen LogP contribution >= 0.6 is 0 Å². The number of nitrogens with zero attached hydrogens (tertiary/aromatic N) is 2. The summed E-state index contributed by atoms with van der Waals surface area (Å²) in [6.45, 7) is 4.76. The lowest BCUT2D eigenvalue weighted by molar-refractivity contribution is 0.220. The molecule has 1 fully saturated rings. The standard InChI is InChI=1S/C13H16FN3O2S/c1-9-7-16-8-10(2)17(9)20(18,19)12-3-4-13(14)11(5-12)6-15/h3-5,9-10,16H,7-8H2,1-2H3. The van der Waals surface area contributed by atoms with Gasteiger partial charge in [0.05, 0.1) is 10.5 Å². The highest BCUT2D eigenvalue weighted by atomic mass is 32.2. The molecule has 0 amide bonds. The Balaban J connectivity index is 2.47. The molecular weight excluding hydrogens is 281 g/mol. The van der Waals surface area contributed by atoms with Gasteiger partial charge in [0.1, 0.15) is 11.9 Å². The molecule has 0 spiro atoms. The van der Waals surface area contributed by atoms with Gasteiger partial charge in [0.25, 0.3) is 0 Å². The summed E-state index contributed by atoms with van der Waals surface area (Å²) in [4.78, 5) is -0.0453. The highest BCUT2D eigenvalue weighted by Gasteiger charge is 2.35. The SMILES string of the molecule is CC1CNCC(C)N1S(=O)(=O)c1ccc(F)c(C#N)c1. The Morgan fingerprint density at radius 1 is 1.35 bits per heavy atom. The van der Waals surface area contributed by atoms with Gasteiger partial charge in [0.15, 0.2) is 0 Å². The van der Waals surface area contributed by atoms with E-state index in [9.17, 15) is 12.8 Å². The lowest BCUT2D eigenvalue weighted by Crippen LogP contribution is -2.57. The molecular formula is C13H16FN3O2S. The van der Waals surface area contributed by atoms with Gasteiger partial charge in [-0.1, -0.05) is 0 Å². The first-order chi connectivity index (χ1) is 9.37. The minimum absolute atomic E-state index is 0.0453. The molecule has 20 heavy (non-hydrogen) atoms. The van der Waals surface area contributed by atoms with Crippen LogP contribution in [0.1, 0.15) is 19.4 Å². The van der Waals surface area contributed by atoms with E-state index in [4.69, 9.17) is 5.26 Å². The Morgan fingerprint density at radius 2 is 1.95 bits per heavy atom. The summed E-state index contributed by atoms with van der Waals surface area (Å²) in [6, 6.07) is 4.58. The van der Waals surface area contributed by atoms with E-state index in [1.807, 2.05) is 13.8 Å². The van der Waals surface area contributed by atoms with Crippen LogP contribution in [0.4, 0.5) is 4.39 Å². The Kier molecular flexibility index (Phi) is 4.09. The summed E-state index contributed by atoms with van der Waals surface area (Å²) in [6.07, 6.45) is 0. The molecule has 7 heteroatoms. The van der Waals surface area contributed by atoms with Crippen molar-refractivity contribution in [2.75, 3.05) is 13.1 Å². The third-order valence-electron chi connectivity index (χ3n) is 3.38. The molecule has 0 aliphatic carbocycles. The molecule has 2 rings (SSSR count). The Labute approximate surface area is 118 Å². The van der Waals surface area contributed by atoms with E-state index in [1.54, 1.807) is 6.07 Å². The summed E-state index contributed by atoms with van der Waals surface area (Å²) in [7, 11) is -3.73. The number of hydrogen-bond donors (Lipinski definition) is 1. The molecule has 0 aromatic heterocycles. The minimum Gasteiger partial charge on any atom is -0.314 e. The van der Waals surface area contributed by atoms with E-state index in [1.165, 1.54) is 10.4 Å². The third kappa shape index (κ3) is 2.54. The fourth-order valence-electron chi connectivity index (χ4n) is 2.46. The largest absolute Gasteiger partial charge is 0.314 e. The number of nitrogens with one attached hydrogen (secondary N) is 1. The zero-order valence-electron chi connectivity index (χ0n) is 11.3. The first kappa shape index (κ1) is 14.9. The molecule has 2 atom stereocenters. The zero-order chi connectivity index (χ0) is 14.9. The summed E-state index contributed by atoms with van der Waals surface area (Å²) in [5, 5.41) is 12.0. The predicted molar refractivity (Wildman–Crippen MR) is 71.9 cm³/mol. The number of sulfonamides is 1. The van der Waals surface area contributed by atoms with Crippen molar-refractivity contribution in [3.63, 3.8) is 0 Å². The summed E-state index contributed by atoms with van der Waals surface area (Å²) in [5.74, 6) is -0.715. The highest BCUT2D eigenvalue weighted by molar-refractivity contribution is 7.89. The molecule has 1 aliphatic heterocycles. The van der Waals surface area contributed by atoms with Gasteiger partial charge in [-0.25, -0.2) is 12.8 Å². The molecule has 1 saturated heterocycles. The number of hydrogen-bond acceptors (Lipinski definition) is 4. The van der Waals surface area contributed by atoms with Crippen molar-refractivity contribution < 1.29 is 12.8 Å². The van der Waals surface area contributed by atoms with Crippen LogP contribution in [0.25, 0.3) is 0 Å². The number of halogens is 1. The number of piperazine rings is 1.